The molecule has 20 heavy (non-hydrogen) atoms. The Morgan fingerprint density at radius 3 is 2.55 bits per heavy atom. The molecular formula is C16H26N2O2. The molecule has 2 heterocycles. The zero-order chi connectivity index (χ0) is 14.3. The Balaban J connectivity index is 1.85. The molecule has 3 fully saturated rings. The van der Waals surface area contributed by atoms with E-state index in [-0.39, 0.29) is 23.3 Å². The van der Waals surface area contributed by atoms with Gasteiger partial charge in [-0.2, -0.15) is 0 Å². The number of rotatable bonds is 1. The Morgan fingerprint density at radius 1 is 1.00 bits per heavy atom. The van der Waals surface area contributed by atoms with Gasteiger partial charge in [-0.3, -0.25) is 9.59 Å². The van der Waals surface area contributed by atoms with Gasteiger partial charge >= 0.3 is 0 Å². The first kappa shape index (κ1) is 13.9. The van der Waals surface area contributed by atoms with Gasteiger partial charge in [0.1, 0.15) is 6.04 Å². The lowest BCUT2D eigenvalue weighted by molar-refractivity contribution is -0.143. The van der Waals surface area contributed by atoms with Gasteiger partial charge in [-0.05, 0) is 31.1 Å². The monoisotopic (exact) mass is 278 g/mol. The fourth-order valence-electron chi connectivity index (χ4n) is 4.35. The largest absolute Gasteiger partial charge is 0.337 e. The molecule has 112 valence electrons. The standard InChI is InChI=1S/C16H26N2O2/c1-16(2)9-4-3-7-13(16)18-11-8-14(19)17-10-5-6-12(17)15(18)20/h12-13H,3-11H2,1-2H3. The van der Waals surface area contributed by atoms with E-state index < -0.39 is 0 Å². The van der Waals surface area contributed by atoms with Crippen LogP contribution in [0.2, 0.25) is 0 Å². The Hall–Kier alpha value is -1.06. The van der Waals surface area contributed by atoms with Gasteiger partial charge in [0.15, 0.2) is 0 Å². The first-order valence-corrected chi connectivity index (χ1v) is 8.11. The normalized spacial score (nSPS) is 34.1. The fraction of sp³-hybridized carbons (Fsp3) is 0.875. The molecule has 4 nitrogen and oxygen atoms in total. The highest BCUT2D eigenvalue weighted by Crippen LogP contribution is 2.40. The molecule has 1 aliphatic carbocycles. The molecule has 3 aliphatic rings. The smallest absolute Gasteiger partial charge is 0.245 e. The molecule has 2 atom stereocenters. The van der Waals surface area contributed by atoms with Crippen LogP contribution in [0.5, 0.6) is 0 Å². The predicted octanol–water partition coefficient (Wildman–Crippen LogP) is 2.18. The quantitative estimate of drug-likeness (QED) is 0.737. The summed E-state index contributed by atoms with van der Waals surface area (Å²) < 4.78 is 0. The fourth-order valence-corrected chi connectivity index (χ4v) is 4.35. The van der Waals surface area contributed by atoms with Crippen molar-refractivity contribution >= 4 is 11.8 Å². The van der Waals surface area contributed by atoms with Crippen molar-refractivity contribution < 1.29 is 9.59 Å². The number of hydrogen-bond acceptors (Lipinski definition) is 2. The molecule has 0 N–H and O–H groups in total. The van der Waals surface area contributed by atoms with E-state index in [1.165, 1.54) is 19.3 Å². The van der Waals surface area contributed by atoms with E-state index >= 15 is 0 Å². The summed E-state index contributed by atoms with van der Waals surface area (Å²) in [5.41, 5.74) is 0.185. The molecule has 0 aromatic carbocycles. The van der Waals surface area contributed by atoms with Crippen molar-refractivity contribution in [3.8, 4) is 0 Å². The van der Waals surface area contributed by atoms with Gasteiger partial charge in [0.25, 0.3) is 0 Å². The van der Waals surface area contributed by atoms with Crippen LogP contribution in [0.3, 0.4) is 0 Å². The number of nitrogens with zero attached hydrogens (tertiary/aromatic N) is 2. The molecule has 2 aliphatic heterocycles. The lowest BCUT2D eigenvalue weighted by Gasteiger charge is -2.45. The summed E-state index contributed by atoms with van der Waals surface area (Å²) in [6, 6.07) is 0.153. The molecule has 1 saturated carbocycles. The van der Waals surface area contributed by atoms with Crippen LogP contribution in [0, 0.1) is 5.41 Å². The average molecular weight is 278 g/mol. The van der Waals surface area contributed by atoms with Crippen molar-refractivity contribution in [2.75, 3.05) is 13.1 Å². The van der Waals surface area contributed by atoms with Crippen molar-refractivity contribution in [3.63, 3.8) is 0 Å². The van der Waals surface area contributed by atoms with Crippen LogP contribution in [-0.4, -0.2) is 46.8 Å². The highest BCUT2D eigenvalue weighted by atomic mass is 16.2. The summed E-state index contributed by atoms with van der Waals surface area (Å²) >= 11 is 0. The molecule has 2 unspecified atom stereocenters. The van der Waals surface area contributed by atoms with Gasteiger partial charge in [-0.15, -0.1) is 0 Å². The SMILES string of the molecule is CC1(C)CCCCC1N1CCC(=O)N2CCCC2C1=O. The number of carbonyl (C=O) groups excluding carboxylic acids is 2. The van der Waals surface area contributed by atoms with Crippen LogP contribution >= 0.6 is 0 Å². The van der Waals surface area contributed by atoms with E-state index in [1.807, 2.05) is 4.90 Å². The first-order valence-electron chi connectivity index (χ1n) is 8.11. The maximum Gasteiger partial charge on any atom is 0.245 e. The zero-order valence-electron chi connectivity index (χ0n) is 12.7. The van der Waals surface area contributed by atoms with Gasteiger partial charge in [-0.25, -0.2) is 0 Å². The third-order valence-electron chi connectivity index (χ3n) is 5.53. The molecule has 0 radical (unpaired) electrons. The second-order valence-corrected chi connectivity index (χ2v) is 7.28. The summed E-state index contributed by atoms with van der Waals surface area (Å²) in [7, 11) is 0. The third kappa shape index (κ3) is 2.23. The number of fused-ring (bicyclic) bond motifs is 1. The van der Waals surface area contributed by atoms with E-state index in [4.69, 9.17) is 0 Å². The van der Waals surface area contributed by atoms with E-state index in [9.17, 15) is 9.59 Å². The van der Waals surface area contributed by atoms with Crippen molar-refractivity contribution in [2.24, 2.45) is 5.41 Å². The predicted molar refractivity (Wildman–Crippen MR) is 77.1 cm³/mol. The number of hydrogen-bond donors (Lipinski definition) is 0. The number of carbonyl (C=O) groups is 2. The maximum atomic E-state index is 12.9. The minimum absolute atomic E-state index is 0.164. The van der Waals surface area contributed by atoms with Gasteiger partial charge in [0.2, 0.25) is 11.8 Å². The second-order valence-electron chi connectivity index (χ2n) is 7.28. The highest BCUT2D eigenvalue weighted by Gasteiger charge is 2.45. The van der Waals surface area contributed by atoms with Crippen LogP contribution in [0.4, 0.5) is 0 Å². The molecule has 2 saturated heterocycles. The third-order valence-corrected chi connectivity index (χ3v) is 5.53. The summed E-state index contributed by atoms with van der Waals surface area (Å²) in [5, 5.41) is 0. The topological polar surface area (TPSA) is 40.6 Å². The minimum atomic E-state index is -0.164. The van der Waals surface area contributed by atoms with E-state index in [0.717, 1.165) is 25.8 Å². The van der Waals surface area contributed by atoms with Gasteiger partial charge in [-0.1, -0.05) is 26.7 Å². The van der Waals surface area contributed by atoms with Crippen molar-refractivity contribution in [1.29, 1.82) is 0 Å². The molecule has 0 aromatic rings. The maximum absolute atomic E-state index is 12.9. The molecule has 0 spiro atoms. The molecule has 0 aromatic heterocycles. The summed E-state index contributed by atoms with van der Waals surface area (Å²) in [6.45, 7) is 5.96. The number of amides is 2. The van der Waals surface area contributed by atoms with Gasteiger partial charge in [0.05, 0.1) is 0 Å². The Labute approximate surface area is 121 Å². The molecule has 2 amide bonds. The van der Waals surface area contributed by atoms with Gasteiger partial charge < -0.3 is 9.80 Å². The van der Waals surface area contributed by atoms with Crippen LogP contribution in [0.25, 0.3) is 0 Å². The summed E-state index contributed by atoms with van der Waals surface area (Å²) in [6.07, 6.45) is 7.09. The lowest BCUT2D eigenvalue weighted by Crippen LogP contribution is -2.53. The van der Waals surface area contributed by atoms with E-state index in [0.29, 0.717) is 19.0 Å². The van der Waals surface area contributed by atoms with E-state index in [1.54, 1.807) is 0 Å². The Bertz CT molecular complexity index is 419. The van der Waals surface area contributed by atoms with Crippen molar-refractivity contribution in [3.05, 3.63) is 0 Å². The molecule has 0 bridgehead atoms. The zero-order valence-corrected chi connectivity index (χ0v) is 12.7. The molecular weight excluding hydrogens is 252 g/mol. The Kier molecular flexibility index (Phi) is 3.51. The van der Waals surface area contributed by atoms with E-state index in [2.05, 4.69) is 18.7 Å². The Morgan fingerprint density at radius 2 is 1.80 bits per heavy atom. The lowest BCUT2D eigenvalue weighted by atomic mass is 9.72. The highest BCUT2D eigenvalue weighted by molar-refractivity contribution is 5.90. The van der Waals surface area contributed by atoms with Crippen LogP contribution in [0.15, 0.2) is 0 Å². The molecule has 3 rings (SSSR count). The summed E-state index contributed by atoms with van der Waals surface area (Å²) in [5.74, 6) is 0.394. The molecule has 4 heteroatoms. The summed E-state index contributed by atoms with van der Waals surface area (Å²) in [4.78, 5) is 29.0. The van der Waals surface area contributed by atoms with Crippen LogP contribution in [0.1, 0.15) is 58.8 Å². The van der Waals surface area contributed by atoms with Crippen LogP contribution in [-0.2, 0) is 9.59 Å². The first-order chi connectivity index (χ1) is 9.50. The van der Waals surface area contributed by atoms with Crippen molar-refractivity contribution in [2.45, 2.75) is 70.9 Å². The van der Waals surface area contributed by atoms with Crippen molar-refractivity contribution in [1.82, 2.24) is 9.80 Å². The van der Waals surface area contributed by atoms with Crippen LogP contribution < -0.4 is 0 Å². The van der Waals surface area contributed by atoms with Gasteiger partial charge in [0, 0.05) is 25.6 Å². The minimum Gasteiger partial charge on any atom is -0.337 e. The average Bonchev–Trinajstić information content (AvgIpc) is 2.85. The second kappa shape index (κ2) is 5.05.